The third kappa shape index (κ3) is 3.94. The van der Waals surface area contributed by atoms with E-state index in [1.807, 2.05) is 31.2 Å². The van der Waals surface area contributed by atoms with Crippen molar-refractivity contribution in [3.63, 3.8) is 0 Å². The number of ether oxygens (including phenoxy) is 1. The Morgan fingerprint density at radius 1 is 1.15 bits per heavy atom. The van der Waals surface area contributed by atoms with E-state index in [1.165, 1.54) is 17.3 Å². The number of aromatic nitrogens is 4. The molecule has 0 spiro atoms. The topological polar surface area (TPSA) is 69.9 Å². The summed E-state index contributed by atoms with van der Waals surface area (Å²) in [5, 5.41) is 13.6. The molecular weight excluding hydrogens is 348 g/mol. The second-order valence-electron chi connectivity index (χ2n) is 5.72. The van der Waals surface area contributed by atoms with Crippen LogP contribution in [0.4, 0.5) is 0 Å². The van der Waals surface area contributed by atoms with Crippen LogP contribution in [0.15, 0.2) is 47.6 Å². The molecule has 0 radical (unpaired) electrons. The Morgan fingerprint density at radius 2 is 1.96 bits per heavy atom. The lowest BCUT2D eigenvalue weighted by molar-refractivity contribution is 0.0525. The van der Waals surface area contributed by atoms with Gasteiger partial charge in [-0.25, -0.2) is 9.48 Å². The van der Waals surface area contributed by atoms with Crippen molar-refractivity contribution in [3.05, 3.63) is 65.0 Å². The Hall–Kier alpha value is -2.67. The lowest BCUT2D eigenvalue weighted by Gasteiger charge is -2.06. The number of carbonyl (C=O) groups excluding carboxylic acids is 1. The average Bonchev–Trinajstić information content (AvgIpc) is 3.03. The van der Waals surface area contributed by atoms with Crippen molar-refractivity contribution in [1.29, 1.82) is 0 Å². The second-order valence-corrected chi connectivity index (χ2v) is 6.72. The minimum absolute atomic E-state index is 0.329. The van der Waals surface area contributed by atoms with Crippen LogP contribution in [0.1, 0.15) is 34.1 Å². The zero-order valence-electron chi connectivity index (χ0n) is 15.0. The molecule has 3 aromatic rings. The molecular formula is C19H20N4O2S. The highest BCUT2D eigenvalue weighted by Gasteiger charge is 2.16. The Morgan fingerprint density at radius 3 is 2.65 bits per heavy atom. The van der Waals surface area contributed by atoms with Gasteiger partial charge >= 0.3 is 5.97 Å². The number of nitrogens with zero attached hydrogens (tertiary/aromatic N) is 4. The van der Waals surface area contributed by atoms with Crippen LogP contribution >= 0.6 is 11.8 Å². The summed E-state index contributed by atoms with van der Waals surface area (Å²) in [5.74, 6) is 1.03. The van der Waals surface area contributed by atoms with Crippen molar-refractivity contribution in [2.75, 3.05) is 6.61 Å². The number of carbonyl (C=O) groups is 1. The number of aryl methyl sites for hydroxylation is 1. The molecule has 0 atom stereocenters. The first kappa shape index (κ1) is 18.1. The largest absolute Gasteiger partial charge is 0.462 e. The first-order valence-corrected chi connectivity index (χ1v) is 9.32. The number of thioether (sulfide) groups is 1. The van der Waals surface area contributed by atoms with Gasteiger partial charge in [-0.1, -0.05) is 36.0 Å². The molecule has 0 aliphatic rings. The van der Waals surface area contributed by atoms with Gasteiger partial charge in [-0.15, -0.1) is 10.2 Å². The van der Waals surface area contributed by atoms with Crippen molar-refractivity contribution >= 4 is 17.7 Å². The highest BCUT2D eigenvalue weighted by molar-refractivity contribution is 7.98. The summed E-state index contributed by atoms with van der Waals surface area (Å²) < 4.78 is 6.62. The van der Waals surface area contributed by atoms with Crippen LogP contribution in [0.25, 0.3) is 5.82 Å². The number of benzene rings is 1. The molecule has 3 rings (SSSR count). The van der Waals surface area contributed by atoms with Crippen LogP contribution in [0.2, 0.25) is 0 Å². The van der Waals surface area contributed by atoms with E-state index in [2.05, 4.69) is 34.4 Å². The standard InChI is InChI=1S/C19H20N4O2S/c1-4-25-19(24)16-11-20-23(14(16)3)17-9-10-18(22-21-17)26-12-15-8-6-5-7-13(15)2/h5-11H,4,12H2,1-3H3. The fourth-order valence-electron chi connectivity index (χ4n) is 2.48. The molecule has 0 unspecified atom stereocenters. The van der Waals surface area contributed by atoms with Crippen LogP contribution < -0.4 is 0 Å². The summed E-state index contributed by atoms with van der Waals surface area (Å²) in [4.78, 5) is 11.9. The van der Waals surface area contributed by atoms with Gasteiger partial charge in [-0.05, 0) is 44.0 Å². The van der Waals surface area contributed by atoms with Crippen molar-refractivity contribution in [3.8, 4) is 5.82 Å². The molecule has 134 valence electrons. The van der Waals surface area contributed by atoms with Gasteiger partial charge in [0.2, 0.25) is 0 Å². The monoisotopic (exact) mass is 368 g/mol. The van der Waals surface area contributed by atoms with E-state index in [1.54, 1.807) is 23.4 Å². The highest BCUT2D eigenvalue weighted by atomic mass is 32.2. The van der Waals surface area contributed by atoms with Crippen molar-refractivity contribution in [1.82, 2.24) is 20.0 Å². The van der Waals surface area contributed by atoms with E-state index in [-0.39, 0.29) is 5.97 Å². The molecule has 0 saturated heterocycles. The zero-order chi connectivity index (χ0) is 18.5. The van der Waals surface area contributed by atoms with Gasteiger partial charge in [0.05, 0.1) is 18.5 Å². The number of hydrogen-bond donors (Lipinski definition) is 0. The molecule has 6 nitrogen and oxygen atoms in total. The fraction of sp³-hybridized carbons (Fsp3) is 0.263. The van der Waals surface area contributed by atoms with Gasteiger partial charge in [0.1, 0.15) is 10.6 Å². The lowest BCUT2D eigenvalue weighted by Crippen LogP contribution is -2.08. The molecule has 0 aliphatic heterocycles. The quantitative estimate of drug-likeness (QED) is 0.487. The maximum absolute atomic E-state index is 11.9. The summed E-state index contributed by atoms with van der Waals surface area (Å²) in [6.07, 6.45) is 1.50. The van der Waals surface area contributed by atoms with E-state index in [9.17, 15) is 4.79 Å². The summed E-state index contributed by atoms with van der Waals surface area (Å²) in [7, 11) is 0. The predicted octanol–water partition coefficient (Wildman–Crippen LogP) is 3.75. The molecule has 0 aliphatic carbocycles. The molecule has 0 N–H and O–H groups in total. The summed E-state index contributed by atoms with van der Waals surface area (Å²) in [5.41, 5.74) is 3.67. The molecule has 7 heteroatoms. The molecule has 0 amide bonds. The lowest BCUT2D eigenvalue weighted by atomic mass is 10.1. The Kier molecular flexibility index (Phi) is 5.68. The Bertz CT molecular complexity index is 906. The van der Waals surface area contributed by atoms with Crippen LogP contribution in [-0.4, -0.2) is 32.6 Å². The first-order valence-electron chi connectivity index (χ1n) is 8.33. The predicted molar refractivity (Wildman–Crippen MR) is 101 cm³/mol. The van der Waals surface area contributed by atoms with Gasteiger partial charge < -0.3 is 4.74 Å². The fourth-order valence-corrected chi connectivity index (χ4v) is 3.37. The van der Waals surface area contributed by atoms with E-state index >= 15 is 0 Å². The number of hydrogen-bond acceptors (Lipinski definition) is 6. The van der Waals surface area contributed by atoms with Gasteiger partial charge in [-0.3, -0.25) is 0 Å². The van der Waals surface area contributed by atoms with Crippen molar-refractivity contribution in [2.24, 2.45) is 0 Å². The van der Waals surface area contributed by atoms with E-state index in [4.69, 9.17) is 4.74 Å². The molecule has 0 bridgehead atoms. The molecule has 1 aromatic carbocycles. The van der Waals surface area contributed by atoms with Crippen LogP contribution in [0, 0.1) is 13.8 Å². The highest BCUT2D eigenvalue weighted by Crippen LogP contribution is 2.23. The van der Waals surface area contributed by atoms with Crippen LogP contribution in [-0.2, 0) is 10.5 Å². The summed E-state index contributed by atoms with van der Waals surface area (Å²) >= 11 is 1.64. The SMILES string of the molecule is CCOC(=O)c1cnn(-c2ccc(SCc3ccccc3C)nn2)c1C. The van der Waals surface area contributed by atoms with E-state index in [0.717, 1.165) is 10.8 Å². The first-order chi connectivity index (χ1) is 12.6. The van der Waals surface area contributed by atoms with Gasteiger partial charge in [0.15, 0.2) is 5.82 Å². The minimum Gasteiger partial charge on any atom is -0.462 e. The van der Waals surface area contributed by atoms with Gasteiger partial charge in [-0.2, -0.15) is 5.10 Å². The summed E-state index contributed by atoms with van der Waals surface area (Å²) in [6.45, 7) is 6.01. The minimum atomic E-state index is -0.380. The zero-order valence-corrected chi connectivity index (χ0v) is 15.8. The molecule has 0 saturated carbocycles. The maximum Gasteiger partial charge on any atom is 0.341 e. The van der Waals surface area contributed by atoms with Crippen LogP contribution in [0.5, 0.6) is 0 Å². The number of esters is 1. The van der Waals surface area contributed by atoms with E-state index in [0.29, 0.717) is 23.7 Å². The molecule has 0 fully saturated rings. The summed E-state index contributed by atoms with van der Waals surface area (Å²) in [6, 6.07) is 12.1. The van der Waals surface area contributed by atoms with Crippen molar-refractivity contribution < 1.29 is 9.53 Å². The van der Waals surface area contributed by atoms with Gasteiger partial charge in [0, 0.05) is 5.75 Å². The normalized spacial score (nSPS) is 10.7. The van der Waals surface area contributed by atoms with Crippen LogP contribution in [0.3, 0.4) is 0 Å². The third-order valence-corrected chi connectivity index (χ3v) is 4.95. The Labute approximate surface area is 156 Å². The molecule has 2 heterocycles. The maximum atomic E-state index is 11.9. The van der Waals surface area contributed by atoms with Crippen molar-refractivity contribution in [2.45, 2.75) is 31.6 Å². The molecule has 26 heavy (non-hydrogen) atoms. The van der Waals surface area contributed by atoms with Gasteiger partial charge in [0.25, 0.3) is 0 Å². The Balaban J connectivity index is 1.72. The third-order valence-electron chi connectivity index (χ3n) is 3.98. The molecule has 2 aromatic heterocycles. The number of rotatable bonds is 6. The smallest absolute Gasteiger partial charge is 0.341 e. The second kappa shape index (κ2) is 8.14. The average molecular weight is 368 g/mol. The van der Waals surface area contributed by atoms with E-state index < -0.39 is 0 Å².